The van der Waals surface area contributed by atoms with Crippen molar-refractivity contribution in [3.8, 4) is 0 Å². The molecule has 0 unspecified atom stereocenters. The highest BCUT2D eigenvalue weighted by Gasteiger charge is 2.44. The van der Waals surface area contributed by atoms with E-state index in [0.717, 1.165) is 5.69 Å². The molecule has 0 aliphatic heterocycles. The number of aromatic nitrogens is 6. The second kappa shape index (κ2) is 16.6. The first-order chi connectivity index (χ1) is 24.8. The lowest BCUT2D eigenvalue weighted by Crippen LogP contribution is -2.42. The molecule has 14 nitrogen and oxygen atoms in total. The number of hydrogen-bond donors (Lipinski definition) is 6. The van der Waals surface area contributed by atoms with Crippen LogP contribution in [-0.4, -0.2) is 93.8 Å². The summed E-state index contributed by atoms with van der Waals surface area (Å²) in [6, 6.07) is 19.5. The molecule has 1 fully saturated rings. The summed E-state index contributed by atoms with van der Waals surface area (Å²) in [7, 11) is 1.94. The third kappa shape index (κ3) is 9.21. The Morgan fingerprint density at radius 1 is 0.942 bits per heavy atom. The standard InChI is InChI=1S/C33H39N9O3.C2HF3O2/c1-3-27(43)38-25-16-26(30(45)29(25)44)42-20-37-28-31(39-33(40-32(28)42)34-15-14-23-18-41(2)19-36-23)35-17-24(21-10-6-4-7-11-21)22-12-8-5-9-13-22;3-2(4,5)1(6)7/h4-13,18-20,24-26,29-30,44-45H,3,14-17H2,1-2H3,(H,38,43)(H2,34,35,39,40);(H,6,7)/t25-,26+,29+,30-;/m0./s1. The second-order valence-corrected chi connectivity index (χ2v) is 12.3. The molecule has 17 heteroatoms. The largest absolute Gasteiger partial charge is 0.490 e. The highest BCUT2D eigenvalue weighted by Crippen LogP contribution is 2.35. The van der Waals surface area contributed by atoms with E-state index < -0.39 is 36.4 Å². The quantitative estimate of drug-likeness (QED) is 0.110. The number of alkyl halides is 3. The first-order valence-electron chi connectivity index (χ1n) is 16.6. The number of aryl methyl sites for hydroxylation is 1. The predicted octanol–water partition coefficient (Wildman–Crippen LogP) is 3.65. The van der Waals surface area contributed by atoms with Crippen LogP contribution in [0.4, 0.5) is 24.9 Å². The Kier molecular flexibility index (Phi) is 12.1. The topological polar surface area (TPSA) is 192 Å². The Labute approximate surface area is 296 Å². The average Bonchev–Trinajstić information content (AvgIpc) is 3.82. The number of hydrogen-bond acceptors (Lipinski definition) is 10. The minimum Gasteiger partial charge on any atom is -0.475 e. The number of nitrogens with zero attached hydrogens (tertiary/aromatic N) is 6. The van der Waals surface area contributed by atoms with Gasteiger partial charge in [-0.15, -0.1) is 0 Å². The summed E-state index contributed by atoms with van der Waals surface area (Å²) in [4.78, 5) is 39.7. The lowest BCUT2D eigenvalue weighted by atomic mass is 9.91. The Hall–Kier alpha value is -5.55. The lowest BCUT2D eigenvalue weighted by molar-refractivity contribution is -0.192. The number of aliphatic hydroxyl groups is 2. The van der Waals surface area contributed by atoms with E-state index in [9.17, 15) is 28.2 Å². The molecule has 0 saturated heterocycles. The van der Waals surface area contributed by atoms with E-state index in [1.807, 2.05) is 54.2 Å². The summed E-state index contributed by atoms with van der Waals surface area (Å²) >= 11 is 0. The maximum absolute atomic E-state index is 12.1. The van der Waals surface area contributed by atoms with Crippen molar-refractivity contribution in [1.29, 1.82) is 0 Å². The molecule has 3 aromatic heterocycles. The fraction of sp³-hybridized carbons (Fsp3) is 0.371. The third-order valence-corrected chi connectivity index (χ3v) is 8.64. The molecule has 4 atom stereocenters. The number of amides is 1. The van der Waals surface area contributed by atoms with Crippen molar-refractivity contribution >= 4 is 34.8 Å². The van der Waals surface area contributed by atoms with Crippen LogP contribution >= 0.6 is 0 Å². The minimum absolute atomic E-state index is 0.0507. The smallest absolute Gasteiger partial charge is 0.475 e. The van der Waals surface area contributed by atoms with Crippen LogP contribution in [-0.2, 0) is 23.1 Å². The van der Waals surface area contributed by atoms with Crippen molar-refractivity contribution in [2.24, 2.45) is 7.05 Å². The molecule has 6 rings (SSSR count). The molecule has 2 aromatic carbocycles. The van der Waals surface area contributed by atoms with Crippen LogP contribution in [0.15, 0.2) is 79.5 Å². The van der Waals surface area contributed by atoms with Crippen LogP contribution < -0.4 is 16.0 Å². The van der Waals surface area contributed by atoms with Crippen LogP contribution in [0.2, 0.25) is 0 Å². The fourth-order valence-electron chi connectivity index (χ4n) is 5.99. The zero-order chi connectivity index (χ0) is 37.4. The molecule has 1 saturated carbocycles. The number of carbonyl (C=O) groups excluding carboxylic acids is 1. The summed E-state index contributed by atoms with van der Waals surface area (Å²) in [6.45, 7) is 2.86. The van der Waals surface area contributed by atoms with E-state index in [1.54, 1.807) is 24.1 Å². The molecular weight excluding hydrogens is 683 g/mol. The van der Waals surface area contributed by atoms with Gasteiger partial charge in [-0.25, -0.2) is 14.8 Å². The Balaban J connectivity index is 0.000000679. The average molecular weight is 724 g/mol. The first-order valence-corrected chi connectivity index (χ1v) is 16.6. The van der Waals surface area contributed by atoms with E-state index in [2.05, 4.69) is 50.2 Å². The van der Waals surface area contributed by atoms with E-state index in [0.29, 0.717) is 55.3 Å². The Bertz CT molecular complexity index is 1900. The number of halogens is 3. The molecule has 0 radical (unpaired) electrons. The normalized spacial score (nSPS) is 18.5. The van der Waals surface area contributed by atoms with Gasteiger partial charge in [0.05, 0.1) is 30.4 Å². The van der Waals surface area contributed by atoms with Crippen molar-refractivity contribution < 1.29 is 38.1 Å². The fourth-order valence-corrected chi connectivity index (χ4v) is 5.99. The lowest BCUT2D eigenvalue weighted by Gasteiger charge is -2.20. The van der Waals surface area contributed by atoms with Gasteiger partial charge in [0.2, 0.25) is 11.9 Å². The van der Waals surface area contributed by atoms with Crippen molar-refractivity contribution in [3.05, 3.63) is 96.3 Å². The Morgan fingerprint density at radius 2 is 1.58 bits per heavy atom. The van der Waals surface area contributed by atoms with Crippen molar-refractivity contribution in [2.75, 3.05) is 23.7 Å². The van der Waals surface area contributed by atoms with Gasteiger partial charge in [0.15, 0.2) is 17.0 Å². The van der Waals surface area contributed by atoms with Crippen LogP contribution in [0, 0.1) is 0 Å². The highest BCUT2D eigenvalue weighted by molar-refractivity contribution is 5.84. The number of carbonyl (C=O) groups is 2. The number of fused-ring (bicyclic) bond motifs is 1. The number of carboxylic acids is 1. The van der Waals surface area contributed by atoms with Crippen molar-refractivity contribution in [1.82, 2.24) is 34.4 Å². The zero-order valence-corrected chi connectivity index (χ0v) is 28.4. The minimum atomic E-state index is -5.08. The molecule has 6 N–H and O–H groups in total. The van der Waals surface area contributed by atoms with E-state index in [4.69, 9.17) is 19.9 Å². The molecule has 1 aliphatic carbocycles. The van der Waals surface area contributed by atoms with Gasteiger partial charge in [-0.05, 0) is 17.5 Å². The molecule has 1 aliphatic rings. The van der Waals surface area contributed by atoms with Crippen molar-refractivity contribution in [3.63, 3.8) is 0 Å². The molecule has 5 aromatic rings. The summed E-state index contributed by atoms with van der Waals surface area (Å²) in [5.41, 5.74) is 4.36. The predicted molar refractivity (Wildman–Crippen MR) is 186 cm³/mol. The van der Waals surface area contributed by atoms with Gasteiger partial charge in [-0.2, -0.15) is 23.1 Å². The molecular formula is C35H40F3N9O5. The van der Waals surface area contributed by atoms with Crippen LogP contribution in [0.25, 0.3) is 11.2 Å². The number of anilines is 2. The molecule has 0 bridgehead atoms. The maximum atomic E-state index is 12.1. The molecule has 52 heavy (non-hydrogen) atoms. The molecule has 3 heterocycles. The number of imidazole rings is 2. The first kappa shape index (κ1) is 37.7. The number of benzene rings is 2. The number of aliphatic carboxylic acids is 1. The van der Waals surface area contributed by atoms with Gasteiger partial charge in [0, 0.05) is 45.1 Å². The summed E-state index contributed by atoms with van der Waals surface area (Å²) in [6.07, 6.45) is -0.639. The van der Waals surface area contributed by atoms with Gasteiger partial charge in [-0.3, -0.25) is 4.79 Å². The summed E-state index contributed by atoms with van der Waals surface area (Å²) in [5.74, 6) is -1.92. The van der Waals surface area contributed by atoms with Crippen LogP contribution in [0.5, 0.6) is 0 Å². The van der Waals surface area contributed by atoms with E-state index >= 15 is 0 Å². The number of nitrogens with one attached hydrogen (secondary N) is 3. The maximum Gasteiger partial charge on any atom is 0.490 e. The molecule has 0 spiro atoms. The molecule has 1 amide bonds. The Morgan fingerprint density at radius 3 is 2.13 bits per heavy atom. The van der Waals surface area contributed by atoms with Gasteiger partial charge >= 0.3 is 12.1 Å². The third-order valence-electron chi connectivity index (χ3n) is 8.64. The zero-order valence-electron chi connectivity index (χ0n) is 28.4. The van der Waals surface area contributed by atoms with E-state index in [1.165, 1.54) is 11.1 Å². The number of carboxylic acid groups (broad SMARTS) is 1. The van der Waals surface area contributed by atoms with Gasteiger partial charge < -0.3 is 40.4 Å². The number of aliphatic hydroxyl groups excluding tert-OH is 2. The van der Waals surface area contributed by atoms with Gasteiger partial charge in [0.1, 0.15) is 12.2 Å². The van der Waals surface area contributed by atoms with E-state index in [-0.39, 0.29) is 11.8 Å². The number of rotatable bonds is 12. The summed E-state index contributed by atoms with van der Waals surface area (Å²) < 4.78 is 35.4. The second-order valence-electron chi connectivity index (χ2n) is 12.3. The van der Waals surface area contributed by atoms with Crippen LogP contribution in [0.1, 0.15) is 48.5 Å². The van der Waals surface area contributed by atoms with Gasteiger partial charge in [-0.1, -0.05) is 67.6 Å². The molecule has 276 valence electrons. The van der Waals surface area contributed by atoms with Gasteiger partial charge in [0.25, 0.3) is 0 Å². The monoisotopic (exact) mass is 723 g/mol. The van der Waals surface area contributed by atoms with Crippen LogP contribution in [0.3, 0.4) is 0 Å². The SMILES string of the molecule is CCC(=O)N[C@H]1C[C@@H](n2cnc3c(NCC(c4ccccc4)c4ccccc4)nc(NCCc4cn(C)cn4)nc32)[C@H](O)[C@@H]1O.O=C(O)C(F)(F)F. The summed E-state index contributed by atoms with van der Waals surface area (Å²) in [5, 5.41) is 38.7. The van der Waals surface area contributed by atoms with Crippen molar-refractivity contribution in [2.45, 2.75) is 62.6 Å². The highest BCUT2D eigenvalue weighted by atomic mass is 19.4.